The molecule has 2 aliphatic rings. The van der Waals surface area contributed by atoms with Gasteiger partial charge >= 0.3 is 5.97 Å². The summed E-state index contributed by atoms with van der Waals surface area (Å²) in [6.45, 7) is 13.4. The van der Waals surface area contributed by atoms with Gasteiger partial charge in [-0.2, -0.15) is 0 Å². The van der Waals surface area contributed by atoms with Crippen LogP contribution in [0.4, 0.5) is 5.69 Å². The number of hydrogen-bond acceptors (Lipinski definition) is 5. The quantitative estimate of drug-likeness (QED) is 0.310. The average Bonchev–Trinajstić information content (AvgIpc) is 2.88. The van der Waals surface area contributed by atoms with Crippen molar-refractivity contribution in [3.05, 3.63) is 36.9 Å². The zero-order chi connectivity index (χ0) is 22.4. The van der Waals surface area contributed by atoms with Crippen molar-refractivity contribution in [2.24, 2.45) is 16.7 Å². The van der Waals surface area contributed by atoms with E-state index in [-0.39, 0.29) is 41.5 Å². The Morgan fingerprint density at radius 1 is 1.17 bits per heavy atom. The largest absolute Gasteiger partial charge is 0.427 e. The fourth-order valence-electron chi connectivity index (χ4n) is 4.45. The molecule has 160 valence electrons. The van der Waals surface area contributed by atoms with Gasteiger partial charge in [-0.15, -0.1) is 6.58 Å². The second kappa shape index (κ2) is 7.38. The third-order valence-electron chi connectivity index (χ3n) is 6.73. The lowest BCUT2D eigenvalue weighted by molar-refractivity contribution is -0.139. The van der Waals surface area contributed by atoms with Crippen molar-refractivity contribution in [2.75, 3.05) is 11.4 Å². The van der Waals surface area contributed by atoms with Crippen molar-refractivity contribution in [3.63, 3.8) is 0 Å². The van der Waals surface area contributed by atoms with Crippen LogP contribution in [0.5, 0.6) is 5.75 Å². The first-order valence-corrected chi connectivity index (χ1v) is 10.00. The smallest absolute Gasteiger partial charge is 0.308 e. The van der Waals surface area contributed by atoms with E-state index in [1.807, 2.05) is 27.7 Å². The lowest BCUT2D eigenvalue weighted by Gasteiger charge is -2.27. The maximum Gasteiger partial charge on any atom is 0.308 e. The molecule has 1 aromatic carbocycles. The van der Waals surface area contributed by atoms with E-state index in [0.717, 1.165) is 4.90 Å². The number of anilines is 1. The SMILES string of the molecule is C=CCN(C(=O)C1C(C)(C)C1(C)C)C1CC(=O)N(c2ccc(OC(C)=O)cc2)C1=O. The maximum atomic E-state index is 13.3. The molecule has 2 fully saturated rings. The minimum absolute atomic E-state index is 0.0717. The molecule has 7 nitrogen and oxygen atoms in total. The van der Waals surface area contributed by atoms with E-state index >= 15 is 0 Å². The van der Waals surface area contributed by atoms with Gasteiger partial charge in [0.1, 0.15) is 11.8 Å². The second-order valence-corrected chi connectivity index (χ2v) is 9.03. The van der Waals surface area contributed by atoms with Gasteiger partial charge in [-0.3, -0.25) is 19.2 Å². The maximum absolute atomic E-state index is 13.3. The molecule has 1 saturated carbocycles. The molecule has 1 atom stereocenters. The summed E-state index contributed by atoms with van der Waals surface area (Å²) < 4.78 is 4.99. The van der Waals surface area contributed by atoms with Crippen molar-refractivity contribution in [1.82, 2.24) is 4.90 Å². The van der Waals surface area contributed by atoms with Crippen molar-refractivity contribution in [3.8, 4) is 5.75 Å². The first-order valence-electron chi connectivity index (χ1n) is 10.00. The molecular weight excluding hydrogens is 384 g/mol. The van der Waals surface area contributed by atoms with Crippen LogP contribution in [-0.2, 0) is 19.2 Å². The van der Waals surface area contributed by atoms with Gasteiger partial charge in [0.25, 0.3) is 5.91 Å². The van der Waals surface area contributed by atoms with Crippen LogP contribution in [0.25, 0.3) is 0 Å². The monoisotopic (exact) mass is 412 g/mol. The van der Waals surface area contributed by atoms with E-state index in [1.54, 1.807) is 18.2 Å². The molecule has 1 aliphatic carbocycles. The van der Waals surface area contributed by atoms with Crippen molar-refractivity contribution in [2.45, 2.75) is 47.1 Å². The number of amides is 3. The molecule has 30 heavy (non-hydrogen) atoms. The van der Waals surface area contributed by atoms with E-state index in [4.69, 9.17) is 4.74 Å². The number of rotatable bonds is 6. The van der Waals surface area contributed by atoms with Crippen LogP contribution < -0.4 is 9.64 Å². The predicted octanol–water partition coefficient (Wildman–Crippen LogP) is 2.94. The summed E-state index contributed by atoms with van der Waals surface area (Å²) >= 11 is 0. The van der Waals surface area contributed by atoms with Crippen LogP contribution in [0.15, 0.2) is 36.9 Å². The highest BCUT2D eigenvalue weighted by atomic mass is 16.5. The first kappa shape index (κ1) is 21.7. The first-order chi connectivity index (χ1) is 13.9. The summed E-state index contributed by atoms with van der Waals surface area (Å²) in [5.41, 5.74) is 0.0180. The van der Waals surface area contributed by atoms with Gasteiger partial charge in [0.05, 0.1) is 12.1 Å². The summed E-state index contributed by atoms with van der Waals surface area (Å²) in [6.07, 6.45) is 1.51. The molecule has 0 aromatic heterocycles. The van der Waals surface area contributed by atoms with Crippen LogP contribution in [0.3, 0.4) is 0 Å². The molecular formula is C23H28N2O5. The van der Waals surface area contributed by atoms with Gasteiger partial charge in [-0.05, 0) is 35.1 Å². The van der Waals surface area contributed by atoms with E-state index in [9.17, 15) is 19.2 Å². The number of benzene rings is 1. The summed E-state index contributed by atoms with van der Waals surface area (Å²) in [4.78, 5) is 52.8. The van der Waals surface area contributed by atoms with E-state index in [2.05, 4.69) is 6.58 Å². The number of carbonyl (C=O) groups excluding carboxylic acids is 4. The number of esters is 1. The number of nitrogens with zero attached hydrogens (tertiary/aromatic N) is 2. The third kappa shape index (κ3) is 3.42. The molecule has 0 spiro atoms. The molecule has 7 heteroatoms. The molecule has 1 heterocycles. The zero-order valence-corrected chi connectivity index (χ0v) is 18.1. The average molecular weight is 412 g/mol. The molecule has 1 aliphatic heterocycles. The summed E-state index contributed by atoms with van der Waals surface area (Å²) in [6, 6.07) is 5.27. The van der Waals surface area contributed by atoms with Gasteiger partial charge in [0, 0.05) is 19.4 Å². The number of carbonyl (C=O) groups is 4. The molecule has 1 aromatic rings. The second-order valence-electron chi connectivity index (χ2n) is 9.03. The Bertz CT molecular complexity index is 902. The summed E-state index contributed by atoms with van der Waals surface area (Å²) in [5.74, 6) is -1.29. The lowest BCUT2D eigenvalue weighted by Crippen LogP contribution is -2.47. The lowest BCUT2D eigenvalue weighted by atomic mass is 10.0. The van der Waals surface area contributed by atoms with Crippen LogP contribution in [-0.4, -0.2) is 41.2 Å². The Morgan fingerprint density at radius 3 is 2.20 bits per heavy atom. The minimum atomic E-state index is -0.858. The van der Waals surface area contributed by atoms with Crippen molar-refractivity contribution < 1.29 is 23.9 Å². The molecule has 3 rings (SSSR count). The van der Waals surface area contributed by atoms with Crippen molar-refractivity contribution in [1.29, 1.82) is 0 Å². The van der Waals surface area contributed by atoms with Crippen molar-refractivity contribution >= 4 is 29.4 Å². The molecule has 0 radical (unpaired) electrons. The Morgan fingerprint density at radius 2 is 1.73 bits per heavy atom. The molecule has 0 N–H and O–H groups in total. The number of ether oxygens (including phenoxy) is 1. The Kier molecular flexibility index (Phi) is 5.35. The number of imide groups is 1. The topological polar surface area (TPSA) is 84.0 Å². The van der Waals surface area contributed by atoms with Gasteiger partial charge < -0.3 is 9.64 Å². The zero-order valence-electron chi connectivity index (χ0n) is 18.1. The standard InChI is InChI=1S/C23H28N2O5/c1-7-12-24(21(29)19-22(3,4)23(19,5)6)17-13-18(27)25(20(17)28)15-8-10-16(11-9-15)30-14(2)26/h7-11,17,19H,1,12-13H2,2-6H3. The van der Waals surface area contributed by atoms with Crippen LogP contribution in [0.2, 0.25) is 0 Å². The predicted molar refractivity (Wildman–Crippen MR) is 112 cm³/mol. The fraction of sp³-hybridized carbons (Fsp3) is 0.478. The Balaban J connectivity index is 1.84. The highest BCUT2D eigenvalue weighted by molar-refractivity contribution is 6.23. The molecule has 1 saturated heterocycles. The van der Waals surface area contributed by atoms with E-state index in [0.29, 0.717) is 11.4 Å². The van der Waals surface area contributed by atoms with E-state index < -0.39 is 17.9 Å². The fourth-order valence-corrected chi connectivity index (χ4v) is 4.45. The minimum Gasteiger partial charge on any atom is -0.427 e. The Labute approximate surface area is 176 Å². The van der Waals surface area contributed by atoms with Crippen LogP contribution in [0, 0.1) is 16.7 Å². The normalized spacial score (nSPS) is 22.0. The third-order valence-corrected chi connectivity index (χ3v) is 6.73. The molecule has 1 unspecified atom stereocenters. The highest BCUT2D eigenvalue weighted by Gasteiger charge is 2.69. The Hall–Kier alpha value is -2.96. The van der Waals surface area contributed by atoms with Gasteiger partial charge in [0.15, 0.2) is 0 Å². The van der Waals surface area contributed by atoms with E-state index in [1.165, 1.54) is 24.0 Å². The van der Waals surface area contributed by atoms with Gasteiger partial charge in [0.2, 0.25) is 11.8 Å². The molecule has 3 amide bonds. The number of hydrogen-bond donors (Lipinski definition) is 0. The molecule has 0 bridgehead atoms. The summed E-state index contributed by atoms with van der Waals surface area (Å²) in [7, 11) is 0. The van der Waals surface area contributed by atoms with Gasteiger partial charge in [-0.25, -0.2) is 4.90 Å². The van der Waals surface area contributed by atoms with Crippen LogP contribution >= 0.6 is 0 Å². The summed E-state index contributed by atoms with van der Waals surface area (Å²) in [5, 5.41) is 0. The van der Waals surface area contributed by atoms with Crippen LogP contribution in [0.1, 0.15) is 41.0 Å². The van der Waals surface area contributed by atoms with Gasteiger partial charge in [-0.1, -0.05) is 33.8 Å². The highest BCUT2D eigenvalue weighted by Crippen LogP contribution is 2.68.